The van der Waals surface area contributed by atoms with E-state index < -0.39 is 0 Å². The Balaban J connectivity index is 0.000000162. The molecule has 0 unspecified atom stereocenters. The Morgan fingerprint density at radius 1 is 0.692 bits per heavy atom. The number of aliphatic hydroxyl groups excluding tert-OH is 2. The molecule has 0 saturated heterocycles. The third kappa shape index (κ3) is 8.10. The lowest BCUT2D eigenvalue weighted by molar-refractivity contribution is 0.0820. The van der Waals surface area contributed by atoms with Crippen LogP contribution < -0.4 is 10.6 Å². The van der Waals surface area contributed by atoms with Crippen molar-refractivity contribution in [1.82, 2.24) is 39.7 Å². The van der Waals surface area contributed by atoms with Gasteiger partial charge >= 0.3 is 0 Å². The van der Waals surface area contributed by atoms with Gasteiger partial charge in [0.2, 0.25) is 0 Å². The van der Waals surface area contributed by atoms with Gasteiger partial charge in [-0.25, -0.2) is 19.9 Å². The largest absolute Gasteiger partial charge is 0.393 e. The number of hydrogen-bond acceptors (Lipinski definition) is 10. The van der Waals surface area contributed by atoms with Crippen molar-refractivity contribution in [2.24, 2.45) is 11.8 Å². The van der Waals surface area contributed by atoms with Gasteiger partial charge in [0.15, 0.2) is 0 Å². The fourth-order valence-electron chi connectivity index (χ4n) is 7.28. The summed E-state index contributed by atoms with van der Waals surface area (Å²) in [6.07, 6.45) is 17.2. The Kier molecular flexibility index (Phi) is 11.1. The van der Waals surface area contributed by atoms with E-state index in [1.807, 2.05) is 70.4 Å². The molecule has 6 aromatic rings. The molecular weight excluding hydrogens is 697 g/mol. The van der Waals surface area contributed by atoms with Gasteiger partial charge in [0, 0.05) is 36.9 Å². The number of amides is 2. The average molecular weight is 741 g/mol. The smallest absolute Gasteiger partial charge is 0.271 e. The zero-order valence-electron chi connectivity index (χ0n) is 29.3. The number of carbonyl (C=O) groups excluding carboxylic acids is 2. The van der Waals surface area contributed by atoms with E-state index in [0.717, 1.165) is 71.5 Å². The summed E-state index contributed by atoms with van der Waals surface area (Å²) < 4.78 is 5.43. The summed E-state index contributed by atoms with van der Waals surface area (Å²) in [4.78, 5) is 43.2. The molecule has 2 aliphatic carbocycles. The number of aliphatic hydroxyl groups is 2. The van der Waals surface area contributed by atoms with Crippen LogP contribution in [0.4, 0.5) is 0 Å². The molecule has 6 heterocycles. The maximum atomic E-state index is 12.9. The first-order valence-electron chi connectivity index (χ1n) is 17.9. The molecule has 0 spiro atoms. The van der Waals surface area contributed by atoms with Gasteiger partial charge in [-0.15, -0.1) is 22.7 Å². The molecule has 272 valence electrons. The number of aromatic nitrogens is 6. The Hall–Kier alpha value is -4.50. The molecular formula is C38H44N8O4S2. The minimum atomic E-state index is -0.272. The molecule has 6 aromatic heterocycles. The van der Waals surface area contributed by atoms with Crippen molar-refractivity contribution in [2.45, 2.75) is 89.5 Å². The highest BCUT2D eigenvalue weighted by atomic mass is 32.1. The summed E-state index contributed by atoms with van der Waals surface area (Å²) in [6, 6.07) is 8.24. The van der Waals surface area contributed by atoms with Crippen LogP contribution in [0.1, 0.15) is 86.2 Å². The van der Waals surface area contributed by atoms with Crippen LogP contribution in [0.5, 0.6) is 0 Å². The second-order valence-corrected chi connectivity index (χ2v) is 15.8. The van der Waals surface area contributed by atoms with Gasteiger partial charge in [0.1, 0.15) is 35.7 Å². The lowest BCUT2D eigenvalue weighted by Crippen LogP contribution is -2.39. The molecule has 2 saturated carbocycles. The van der Waals surface area contributed by atoms with Crippen LogP contribution >= 0.6 is 22.7 Å². The Morgan fingerprint density at radius 3 is 1.44 bits per heavy atom. The first kappa shape index (κ1) is 35.9. The molecule has 2 fully saturated rings. The van der Waals surface area contributed by atoms with Crippen LogP contribution in [-0.4, -0.2) is 75.4 Å². The van der Waals surface area contributed by atoms with Crippen molar-refractivity contribution in [3.8, 4) is 11.6 Å². The Labute approximate surface area is 310 Å². The van der Waals surface area contributed by atoms with E-state index in [1.54, 1.807) is 25.0 Å². The number of nitrogens with zero attached hydrogens (tertiary/aromatic N) is 6. The Bertz CT molecular complexity index is 1940. The monoisotopic (exact) mass is 740 g/mol. The third-order valence-electron chi connectivity index (χ3n) is 10.4. The molecule has 0 bridgehead atoms. The van der Waals surface area contributed by atoms with E-state index in [0.29, 0.717) is 34.9 Å². The minimum absolute atomic E-state index is 0.125. The predicted octanol–water partition coefficient (Wildman–Crippen LogP) is 6.30. The number of hydrogen-bond donors (Lipinski definition) is 4. The van der Waals surface area contributed by atoms with Crippen LogP contribution in [-0.2, 0) is 0 Å². The lowest BCUT2D eigenvalue weighted by atomic mass is 9.83. The minimum Gasteiger partial charge on any atom is -0.393 e. The summed E-state index contributed by atoms with van der Waals surface area (Å²) in [5, 5.41) is 31.8. The van der Waals surface area contributed by atoms with Gasteiger partial charge in [0.25, 0.3) is 11.8 Å². The lowest BCUT2D eigenvalue weighted by Gasteiger charge is -2.30. The number of nitrogens with one attached hydrogen (secondary N) is 2. The maximum Gasteiger partial charge on any atom is 0.271 e. The van der Waals surface area contributed by atoms with E-state index in [-0.39, 0.29) is 36.1 Å². The van der Waals surface area contributed by atoms with Gasteiger partial charge in [0.05, 0.1) is 21.6 Å². The molecule has 4 N–H and O–H groups in total. The fraction of sp³-hybridized carbons (Fsp3) is 0.421. The van der Waals surface area contributed by atoms with Gasteiger partial charge in [-0.05, 0) is 123 Å². The van der Waals surface area contributed by atoms with Gasteiger partial charge in [-0.1, -0.05) is 0 Å². The highest BCUT2D eigenvalue weighted by Gasteiger charge is 2.28. The number of carbonyl (C=O) groups is 2. The quantitative estimate of drug-likeness (QED) is 0.141. The number of fused-ring (bicyclic) bond motifs is 2. The normalized spacial score (nSPS) is 21.6. The number of imidazole rings is 2. The van der Waals surface area contributed by atoms with Crippen molar-refractivity contribution in [1.29, 1.82) is 0 Å². The third-order valence-corrected chi connectivity index (χ3v) is 12.3. The second kappa shape index (κ2) is 16.0. The fourth-order valence-corrected chi connectivity index (χ4v) is 9.01. The van der Waals surface area contributed by atoms with Crippen LogP contribution in [0.15, 0.2) is 72.5 Å². The molecule has 52 heavy (non-hydrogen) atoms. The Morgan fingerprint density at radius 2 is 1.10 bits per heavy atom. The first-order chi connectivity index (χ1) is 25.2. The molecule has 2 amide bonds. The van der Waals surface area contributed by atoms with Crippen molar-refractivity contribution >= 4 is 54.7 Å². The van der Waals surface area contributed by atoms with Crippen molar-refractivity contribution in [3.63, 3.8) is 0 Å². The summed E-state index contributed by atoms with van der Waals surface area (Å²) in [7, 11) is 0. The topological polar surface area (TPSA) is 160 Å². The number of thiophene rings is 2. The molecule has 0 aliphatic heterocycles. The summed E-state index contributed by atoms with van der Waals surface area (Å²) in [5.41, 5.74) is 0.942. The molecule has 2 atom stereocenters. The SMILES string of the molecule is C[C@@H](O)C1CCC(NC(=O)c2nc(-n3ccnc3)cc3ccsc23)CC1.C[C@H](O)C1CCC(NC(=O)c2nc(-n3ccnc3)cc3ccsc23)CC1. The van der Waals surface area contributed by atoms with Crippen molar-refractivity contribution in [3.05, 3.63) is 83.9 Å². The molecule has 12 nitrogen and oxygen atoms in total. The molecule has 0 radical (unpaired) electrons. The molecule has 0 aromatic carbocycles. The molecule has 2 aliphatic rings. The average Bonchev–Trinajstić information content (AvgIpc) is 3.99. The van der Waals surface area contributed by atoms with Crippen molar-refractivity contribution < 1.29 is 19.8 Å². The summed E-state index contributed by atoms with van der Waals surface area (Å²) in [6.45, 7) is 3.70. The zero-order valence-corrected chi connectivity index (χ0v) is 30.9. The van der Waals surface area contributed by atoms with Crippen molar-refractivity contribution in [2.75, 3.05) is 0 Å². The highest BCUT2D eigenvalue weighted by molar-refractivity contribution is 7.17. The van der Waals surface area contributed by atoms with E-state index in [2.05, 4.69) is 30.6 Å². The standard InChI is InChI=1S/2C19H22N4O2S/c2*1-12(24)13-2-4-15(5-3-13)21-19(25)17-18-14(6-9-26-18)10-16(22-17)23-8-7-20-11-23/h2*6-13,15,24H,2-5H2,1H3,(H,21,25)/t2*12-,13?,15?/m10/s1. The van der Waals surface area contributed by atoms with E-state index >= 15 is 0 Å². The second-order valence-electron chi connectivity index (χ2n) is 13.9. The van der Waals surface area contributed by atoms with E-state index in [4.69, 9.17) is 0 Å². The number of pyridine rings is 2. The predicted molar refractivity (Wildman–Crippen MR) is 203 cm³/mol. The zero-order chi connectivity index (χ0) is 36.2. The van der Waals surface area contributed by atoms with E-state index in [9.17, 15) is 19.8 Å². The molecule has 8 rings (SSSR count). The van der Waals surface area contributed by atoms with Crippen LogP contribution in [0.2, 0.25) is 0 Å². The highest BCUT2D eigenvalue weighted by Crippen LogP contribution is 2.31. The van der Waals surface area contributed by atoms with Gasteiger partial charge < -0.3 is 20.8 Å². The summed E-state index contributed by atoms with van der Waals surface area (Å²) in [5.74, 6) is 1.82. The first-order valence-corrected chi connectivity index (χ1v) is 19.7. The van der Waals surface area contributed by atoms with Crippen LogP contribution in [0.25, 0.3) is 31.8 Å². The van der Waals surface area contributed by atoms with Crippen LogP contribution in [0, 0.1) is 11.8 Å². The summed E-state index contributed by atoms with van der Waals surface area (Å²) >= 11 is 3.07. The van der Waals surface area contributed by atoms with Gasteiger partial charge in [-0.2, -0.15) is 0 Å². The van der Waals surface area contributed by atoms with Gasteiger partial charge in [-0.3, -0.25) is 18.7 Å². The maximum absolute atomic E-state index is 12.9. The van der Waals surface area contributed by atoms with Crippen LogP contribution in [0.3, 0.4) is 0 Å². The number of rotatable bonds is 8. The van der Waals surface area contributed by atoms with E-state index in [1.165, 1.54) is 22.7 Å². The molecule has 14 heteroatoms.